The van der Waals surface area contributed by atoms with E-state index in [1.165, 1.54) is 5.56 Å². The summed E-state index contributed by atoms with van der Waals surface area (Å²) in [5.74, 6) is 0.0524. The molecule has 2 atom stereocenters. The molecule has 1 aliphatic heterocycles. The van der Waals surface area contributed by atoms with Crippen LogP contribution in [0, 0.1) is 0 Å². The van der Waals surface area contributed by atoms with Crippen LogP contribution in [-0.2, 0) is 6.18 Å². The second-order valence-corrected chi connectivity index (χ2v) is 6.00. The molecule has 0 radical (unpaired) electrons. The summed E-state index contributed by atoms with van der Waals surface area (Å²) in [5.41, 5.74) is 0.900. The van der Waals surface area contributed by atoms with Gasteiger partial charge in [-0.1, -0.05) is 0 Å². The third kappa shape index (κ3) is 3.55. The second-order valence-electron chi connectivity index (χ2n) is 6.00. The molecule has 2 aromatic heterocycles. The standard InChI is InChI=1S/C16H19F3N4/c1-11(12-4-6-20-7-5-12)23-8-2-3-13(10-23)14-9-15(22-21-14)16(17,18)19/h4-7,9,11,13H,2-3,8,10H2,1H3,(H,21,22)/t11-,13-/m0/s1. The zero-order valence-electron chi connectivity index (χ0n) is 12.8. The Balaban J connectivity index is 1.72. The number of hydrogen-bond donors (Lipinski definition) is 1. The third-order valence-electron chi connectivity index (χ3n) is 4.52. The predicted molar refractivity (Wildman–Crippen MR) is 79.8 cm³/mol. The molecule has 1 N–H and O–H groups in total. The van der Waals surface area contributed by atoms with Crippen LogP contribution in [0.3, 0.4) is 0 Å². The van der Waals surface area contributed by atoms with Crippen molar-refractivity contribution in [1.82, 2.24) is 20.1 Å². The molecule has 0 saturated carbocycles. The van der Waals surface area contributed by atoms with E-state index < -0.39 is 11.9 Å². The molecule has 3 rings (SSSR count). The molecule has 1 fully saturated rings. The Morgan fingerprint density at radius 2 is 2.04 bits per heavy atom. The van der Waals surface area contributed by atoms with Gasteiger partial charge in [0.25, 0.3) is 0 Å². The minimum absolute atomic E-state index is 0.0524. The lowest BCUT2D eigenvalue weighted by Crippen LogP contribution is -2.36. The van der Waals surface area contributed by atoms with E-state index in [1.54, 1.807) is 12.4 Å². The van der Waals surface area contributed by atoms with Gasteiger partial charge in [-0.25, -0.2) is 0 Å². The minimum Gasteiger partial charge on any atom is -0.296 e. The molecule has 0 amide bonds. The van der Waals surface area contributed by atoms with Gasteiger partial charge in [-0.05, 0) is 50.1 Å². The van der Waals surface area contributed by atoms with Crippen molar-refractivity contribution in [2.24, 2.45) is 0 Å². The van der Waals surface area contributed by atoms with Crippen molar-refractivity contribution in [2.45, 2.75) is 37.9 Å². The molecule has 4 nitrogen and oxygen atoms in total. The highest BCUT2D eigenvalue weighted by Gasteiger charge is 2.35. The number of hydrogen-bond acceptors (Lipinski definition) is 3. The maximum absolute atomic E-state index is 12.7. The molecule has 0 aliphatic carbocycles. The number of nitrogens with zero attached hydrogens (tertiary/aromatic N) is 3. The topological polar surface area (TPSA) is 44.8 Å². The Bertz CT molecular complexity index is 638. The predicted octanol–water partition coefficient (Wildman–Crippen LogP) is 3.76. The van der Waals surface area contributed by atoms with Crippen LogP contribution in [0.5, 0.6) is 0 Å². The first-order chi connectivity index (χ1) is 10.9. The number of pyridine rings is 1. The van der Waals surface area contributed by atoms with Gasteiger partial charge in [0.15, 0.2) is 5.69 Å². The van der Waals surface area contributed by atoms with E-state index in [9.17, 15) is 13.2 Å². The molecule has 3 heterocycles. The fraction of sp³-hybridized carbons (Fsp3) is 0.500. The van der Waals surface area contributed by atoms with Crippen molar-refractivity contribution in [1.29, 1.82) is 0 Å². The Morgan fingerprint density at radius 3 is 2.70 bits per heavy atom. The van der Waals surface area contributed by atoms with E-state index in [2.05, 4.69) is 27.0 Å². The van der Waals surface area contributed by atoms with E-state index in [-0.39, 0.29) is 12.0 Å². The number of aromatic nitrogens is 3. The summed E-state index contributed by atoms with van der Waals surface area (Å²) >= 11 is 0. The van der Waals surface area contributed by atoms with Gasteiger partial charge >= 0.3 is 6.18 Å². The largest absolute Gasteiger partial charge is 0.435 e. The lowest BCUT2D eigenvalue weighted by molar-refractivity contribution is -0.141. The van der Waals surface area contributed by atoms with Crippen molar-refractivity contribution in [3.8, 4) is 0 Å². The van der Waals surface area contributed by atoms with E-state index in [0.29, 0.717) is 5.69 Å². The van der Waals surface area contributed by atoms with E-state index >= 15 is 0 Å². The van der Waals surface area contributed by atoms with Gasteiger partial charge in [0, 0.05) is 36.6 Å². The lowest BCUT2D eigenvalue weighted by atomic mass is 9.92. The van der Waals surface area contributed by atoms with Gasteiger partial charge in [0.05, 0.1) is 0 Å². The summed E-state index contributed by atoms with van der Waals surface area (Å²) in [7, 11) is 0. The number of aromatic amines is 1. The molecular formula is C16H19F3N4. The maximum Gasteiger partial charge on any atom is 0.435 e. The van der Waals surface area contributed by atoms with Crippen LogP contribution in [0.25, 0.3) is 0 Å². The molecule has 0 bridgehead atoms. The lowest BCUT2D eigenvalue weighted by Gasteiger charge is -2.36. The van der Waals surface area contributed by atoms with E-state index in [0.717, 1.165) is 32.0 Å². The summed E-state index contributed by atoms with van der Waals surface area (Å²) in [6, 6.07) is 5.31. The molecule has 0 spiro atoms. The van der Waals surface area contributed by atoms with Crippen LogP contribution >= 0.6 is 0 Å². The molecule has 7 heteroatoms. The van der Waals surface area contributed by atoms with Crippen molar-refractivity contribution >= 4 is 0 Å². The smallest absolute Gasteiger partial charge is 0.296 e. The molecule has 124 valence electrons. The van der Waals surface area contributed by atoms with Gasteiger partial charge in [-0.15, -0.1) is 0 Å². The first kappa shape index (κ1) is 16.0. The van der Waals surface area contributed by atoms with Crippen molar-refractivity contribution in [3.63, 3.8) is 0 Å². The quantitative estimate of drug-likeness (QED) is 0.935. The maximum atomic E-state index is 12.7. The van der Waals surface area contributed by atoms with Crippen molar-refractivity contribution in [3.05, 3.63) is 47.5 Å². The van der Waals surface area contributed by atoms with Gasteiger partial charge in [-0.2, -0.15) is 18.3 Å². The summed E-state index contributed by atoms with van der Waals surface area (Å²) in [6.45, 7) is 3.79. The highest BCUT2D eigenvalue weighted by atomic mass is 19.4. The number of rotatable bonds is 3. The zero-order valence-corrected chi connectivity index (χ0v) is 12.8. The van der Waals surface area contributed by atoms with Crippen LogP contribution in [0.4, 0.5) is 13.2 Å². The Kier molecular flexibility index (Phi) is 4.39. The normalized spacial score (nSPS) is 21.3. The summed E-state index contributed by atoms with van der Waals surface area (Å²) in [4.78, 5) is 6.33. The van der Waals surface area contributed by atoms with Crippen LogP contribution < -0.4 is 0 Å². The number of halogens is 3. The highest BCUT2D eigenvalue weighted by molar-refractivity contribution is 5.18. The highest BCUT2D eigenvalue weighted by Crippen LogP contribution is 2.34. The molecular weight excluding hydrogens is 305 g/mol. The average Bonchev–Trinajstić information content (AvgIpc) is 3.05. The molecule has 23 heavy (non-hydrogen) atoms. The van der Waals surface area contributed by atoms with Gasteiger partial charge in [0.2, 0.25) is 0 Å². The van der Waals surface area contributed by atoms with Crippen molar-refractivity contribution in [2.75, 3.05) is 13.1 Å². The summed E-state index contributed by atoms with van der Waals surface area (Å²) in [5, 5.41) is 5.99. The first-order valence-corrected chi connectivity index (χ1v) is 7.71. The SMILES string of the molecule is C[C@@H](c1ccncc1)N1CCC[C@H](c2cc(C(F)(F)F)n[nH]2)C1. The van der Waals surface area contributed by atoms with Crippen molar-refractivity contribution < 1.29 is 13.2 Å². The Morgan fingerprint density at radius 1 is 1.30 bits per heavy atom. The molecule has 0 aromatic carbocycles. The van der Waals surface area contributed by atoms with Gasteiger partial charge in [0.1, 0.15) is 0 Å². The summed E-state index contributed by atoms with van der Waals surface area (Å²) in [6.07, 6.45) is 0.961. The Hall–Kier alpha value is -1.89. The van der Waals surface area contributed by atoms with Gasteiger partial charge < -0.3 is 0 Å². The molecule has 1 saturated heterocycles. The minimum atomic E-state index is -4.40. The summed E-state index contributed by atoms with van der Waals surface area (Å²) < 4.78 is 38.1. The fourth-order valence-corrected chi connectivity index (χ4v) is 3.16. The van der Waals surface area contributed by atoms with Crippen LogP contribution in [0.15, 0.2) is 30.6 Å². The zero-order chi connectivity index (χ0) is 16.4. The molecule has 2 aromatic rings. The van der Waals surface area contributed by atoms with Crippen LogP contribution in [0.1, 0.15) is 48.7 Å². The first-order valence-electron chi connectivity index (χ1n) is 7.71. The fourth-order valence-electron chi connectivity index (χ4n) is 3.16. The molecule has 0 unspecified atom stereocenters. The number of nitrogens with one attached hydrogen (secondary N) is 1. The average molecular weight is 324 g/mol. The van der Waals surface area contributed by atoms with Crippen LogP contribution in [-0.4, -0.2) is 33.2 Å². The van der Waals surface area contributed by atoms with Crippen LogP contribution in [0.2, 0.25) is 0 Å². The number of likely N-dealkylation sites (tertiary alicyclic amines) is 1. The Labute approximate surface area is 132 Å². The monoisotopic (exact) mass is 324 g/mol. The second kappa shape index (κ2) is 6.31. The van der Waals surface area contributed by atoms with Gasteiger partial charge in [-0.3, -0.25) is 15.0 Å². The third-order valence-corrected chi connectivity index (χ3v) is 4.52. The number of piperidine rings is 1. The number of alkyl halides is 3. The van der Waals surface area contributed by atoms with E-state index in [4.69, 9.17) is 0 Å². The molecule has 1 aliphatic rings. The number of H-pyrrole nitrogens is 1. The van der Waals surface area contributed by atoms with E-state index in [1.807, 2.05) is 12.1 Å².